The van der Waals surface area contributed by atoms with E-state index >= 15 is 0 Å². The molecule has 1 fully saturated rings. The molecule has 1 aromatic carbocycles. The molecule has 1 saturated carbocycles. The fourth-order valence-corrected chi connectivity index (χ4v) is 2.79. The highest BCUT2D eigenvalue weighted by molar-refractivity contribution is 5.98. The maximum Gasteiger partial charge on any atom is 0.308 e. The molecule has 3 rings (SSSR count). The van der Waals surface area contributed by atoms with Gasteiger partial charge in [-0.25, -0.2) is 0 Å². The molecule has 0 bridgehead atoms. The van der Waals surface area contributed by atoms with E-state index in [1.165, 1.54) is 0 Å². The van der Waals surface area contributed by atoms with Crippen LogP contribution in [-0.4, -0.2) is 23.0 Å². The number of anilines is 1. The van der Waals surface area contributed by atoms with E-state index < -0.39 is 11.9 Å². The summed E-state index contributed by atoms with van der Waals surface area (Å²) in [6, 6.07) is 5.65. The van der Waals surface area contributed by atoms with Crippen LogP contribution in [0.5, 0.6) is 0 Å². The van der Waals surface area contributed by atoms with E-state index in [9.17, 15) is 9.59 Å². The second-order valence-corrected chi connectivity index (χ2v) is 5.18. The van der Waals surface area contributed by atoms with Crippen LogP contribution >= 0.6 is 0 Å². The molecule has 1 aliphatic carbocycles. The average molecular weight is 260 g/mol. The third-order valence-corrected chi connectivity index (χ3v) is 3.92. The molecule has 2 unspecified atom stereocenters. The van der Waals surface area contributed by atoms with Crippen molar-refractivity contribution in [2.24, 2.45) is 11.7 Å². The van der Waals surface area contributed by atoms with Crippen LogP contribution in [0.15, 0.2) is 18.2 Å². The van der Waals surface area contributed by atoms with Gasteiger partial charge >= 0.3 is 5.97 Å². The Morgan fingerprint density at radius 3 is 2.84 bits per heavy atom. The van der Waals surface area contributed by atoms with Gasteiger partial charge in [-0.3, -0.25) is 9.59 Å². The summed E-state index contributed by atoms with van der Waals surface area (Å²) < 4.78 is 0. The predicted molar refractivity (Wildman–Crippen MR) is 69.7 cm³/mol. The third-order valence-electron chi connectivity index (χ3n) is 3.92. The lowest BCUT2D eigenvalue weighted by Crippen LogP contribution is -2.38. The molecule has 1 aliphatic heterocycles. The van der Waals surface area contributed by atoms with Crippen molar-refractivity contribution in [2.75, 3.05) is 4.90 Å². The first-order chi connectivity index (χ1) is 9.11. The predicted octanol–water partition coefficient (Wildman–Crippen LogP) is 0.898. The van der Waals surface area contributed by atoms with Gasteiger partial charge in [0.25, 0.3) is 0 Å². The molecular weight excluding hydrogens is 244 g/mol. The normalized spacial score (nSPS) is 25.1. The lowest BCUT2D eigenvalue weighted by atomic mass is 9.98. The van der Waals surface area contributed by atoms with Crippen molar-refractivity contribution in [3.8, 4) is 0 Å². The third kappa shape index (κ3) is 2.00. The average Bonchev–Trinajstić information content (AvgIpc) is 3.18. The van der Waals surface area contributed by atoms with Crippen LogP contribution in [0.4, 0.5) is 5.69 Å². The monoisotopic (exact) mass is 260 g/mol. The van der Waals surface area contributed by atoms with Crippen molar-refractivity contribution in [2.45, 2.75) is 31.8 Å². The molecule has 0 saturated heterocycles. The Morgan fingerprint density at radius 2 is 2.21 bits per heavy atom. The molecule has 1 heterocycles. The molecule has 5 nitrogen and oxygen atoms in total. The van der Waals surface area contributed by atoms with Gasteiger partial charge in [0.2, 0.25) is 5.91 Å². The Bertz CT molecular complexity index is 556. The van der Waals surface area contributed by atoms with Crippen molar-refractivity contribution in [1.29, 1.82) is 0 Å². The smallest absolute Gasteiger partial charge is 0.308 e. The van der Waals surface area contributed by atoms with E-state index in [1.54, 1.807) is 4.90 Å². The number of hydrogen-bond donors (Lipinski definition) is 2. The molecule has 2 aliphatic rings. The van der Waals surface area contributed by atoms with Crippen molar-refractivity contribution >= 4 is 17.6 Å². The van der Waals surface area contributed by atoms with E-state index in [0.717, 1.165) is 16.8 Å². The van der Waals surface area contributed by atoms with Crippen molar-refractivity contribution in [3.05, 3.63) is 29.3 Å². The molecule has 5 heteroatoms. The number of amides is 1. The van der Waals surface area contributed by atoms with E-state index in [-0.39, 0.29) is 11.9 Å². The molecule has 0 aromatic heterocycles. The van der Waals surface area contributed by atoms with Gasteiger partial charge in [-0.15, -0.1) is 0 Å². The van der Waals surface area contributed by atoms with Gasteiger partial charge < -0.3 is 15.7 Å². The lowest BCUT2D eigenvalue weighted by Gasteiger charge is -2.30. The van der Waals surface area contributed by atoms with Crippen LogP contribution in [0.2, 0.25) is 0 Å². The summed E-state index contributed by atoms with van der Waals surface area (Å²) in [5.74, 6) is -1.20. The zero-order valence-electron chi connectivity index (χ0n) is 10.5. The van der Waals surface area contributed by atoms with E-state index in [0.29, 0.717) is 25.8 Å². The summed E-state index contributed by atoms with van der Waals surface area (Å²) in [5, 5.41) is 9.02. The minimum absolute atomic E-state index is 0.0294. The Hall–Kier alpha value is -1.88. The van der Waals surface area contributed by atoms with Crippen LogP contribution in [-0.2, 0) is 22.6 Å². The topological polar surface area (TPSA) is 83.6 Å². The number of nitrogens with two attached hydrogens (primary N) is 1. The maximum absolute atomic E-state index is 12.1. The first-order valence-electron chi connectivity index (χ1n) is 6.48. The van der Waals surface area contributed by atoms with Crippen molar-refractivity contribution < 1.29 is 14.7 Å². The summed E-state index contributed by atoms with van der Waals surface area (Å²) in [5.41, 5.74) is 8.62. The summed E-state index contributed by atoms with van der Waals surface area (Å²) >= 11 is 0. The van der Waals surface area contributed by atoms with Crippen LogP contribution in [0.1, 0.15) is 24.0 Å². The van der Waals surface area contributed by atoms with Crippen LogP contribution in [0, 0.1) is 5.92 Å². The highest BCUT2D eigenvalue weighted by Gasteiger charge is 2.50. The van der Waals surface area contributed by atoms with E-state index in [2.05, 4.69) is 0 Å². The van der Waals surface area contributed by atoms with Gasteiger partial charge in [0.05, 0.1) is 12.0 Å². The van der Waals surface area contributed by atoms with Crippen molar-refractivity contribution in [3.63, 3.8) is 0 Å². The fourth-order valence-electron chi connectivity index (χ4n) is 2.79. The molecule has 1 amide bonds. The summed E-state index contributed by atoms with van der Waals surface area (Å²) in [7, 11) is 0. The molecule has 3 N–H and O–H groups in total. The Labute approximate surface area is 111 Å². The first-order valence-corrected chi connectivity index (χ1v) is 6.48. The molecule has 2 atom stereocenters. The molecular formula is C14H16N2O3. The van der Waals surface area contributed by atoms with Crippen LogP contribution in [0.3, 0.4) is 0 Å². The summed E-state index contributed by atoms with van der Waals surface area (Å²) in [6.07, 6.45) is 1.71. The Balaban J connectivity index is 1.94. The van der Waals surface area contributed by atoms with Crippen LogP contribution in [0.25, 0.3) is 0 Å². The summed E-state index contributed by atoms with van der Waals surface area (Å²) in [4.78, 5) is 24.7. The number of carboxylic acid groups (broad SMARTS) is 1. The summed E-state index contributed by atoms with van der Waals surface area (Å²) in [6.45, 7) is 0.475. The van der Waals surface area contributed by atoms with Gasteiger partial charge in [0, 0.05) is 18.7 Å². The minimum atomic E-state index is -0.816. The standard InChI is InChI=1S/C14H16N2O3/c15-7-8-1-3-11-9(5-8)2-4-13(17)16(11)12-6-10(12)14(18)19/h1,3,5,10,12H,2,4,6-7,15H2,(H,18,19). The van der Waals surface area contributed by atoms with Gasteiger partial charge in [0.15, 0.2) is 0 Å². The number of fused-ring (bicyclic) bond motifs is 1. The maximum atomic E-state index is 12.1. The highest BCUT2D eigenvalue weighted by atomic mass is 16.4. The van der Waals surface area contributed by atoms with Gasteiger partial charge in [0.1, 0.15) is 0 Å². The molecule has 0 spiro atoms. The quantitative estimate of drug-likeness (QED) is 0.845. The highest BCUT2D eigenvalue weighted by Crippen LogP contribution is 2.42. The SMILES string of the molecule is NCc1ccc2c(c1)CCC(=O)N2C1CC1C(=O)O. The minimum Gasteiger partial charge on any atom is -0.481 e. The number of carbonyl (C=O) groups is 2. The number of carboxylic acids is 1. The Morgan fingerprint density at radius 1 is 1.42 bits per heavy atom. The number of carbonyl (C=O) groups excluding carboxylic acids is 1. The number of hydrogen-bond acceptors (Lipinski definition) is 3. The zero-order chi connectivity index (χ0) is 13.6. The van der Waals surface area contributed by atoms with Gasteiger partial charge in [-0.2, -0.15) is 0 Å². The number of aliphatic carboxylic acids is 1. The van der Waals surface area contributed by atoms with Crippen molar-refractivity contribution in [1.82, 2.24) is 0 Å². The van der Waals surface area contributed by atoms with Crippen LogP contribution < -0.4 is 10.6 Å². The molecule has 1 aromatic rings. The lowest BCUT2D eigenvalue weighted by molar-refractivity contribution is -0.138. The zero-order valence-corrected chi connectivity index (χ0v) is 10.5. The van der Waals surface area contributed by atoms with E-state index in [4.69, 9.17) is 10.8 Å². The van der Waals surface area contributed by atoms with E-state index in [1.807, 2.05) is 18.2 Å². The number of benzene rings is 1. The number of nitrogens with zero attached hydrogens (tertiary/aromatic N) is 1. The molecule has 19 heavy (non-hydrogen) atoms. The van der Waals surface area contributed by atoms with Gasteiger partial charge in [-0.1, -0.05) is 12.1 Å². The second-order valence-electron chi connectivity index (χ2n) is 5.18. The second kappa shape index (κ2) is 4.35. The molecule has 0 radical (unpaired) electrons. The van der Waals surface area contributed by atoms with Gasteiger partial charge in [-0.05, 0) is 30.0 Å². The Kier molecular flexibility index (Phi) is 2.78. The molecule has 100 valence electrons. The first kappa shape index (κ1) is 12.2. The largest absolute Gasteiger partial charge is 0.481 e. The number of aryl methyl sites for hydroxylation is 1. The number of rotatable bonds is 3. The fraction of sp³-hybridized carbons (Fsp3) is 0.429.